The second kappa shape index (κ2) is 6.03. The van der Waals surface area contributed by atoms with Crippen LogP contribution in [0.4, 0.5) is 0 Å². The van der Waals surface area contributed by atoms with Crippen LogP contribution in [0.3, 0.4) is 0 Å². The minimum absolute atomic E-state index is 0.330. The Labute approximate surface area is 113 Å². The second-order valence-corrected chi connectivity index (χ2v) is 5.05. The molecule has 0 spiro atoms. The van der Waals surface area contributed by atoms with Crippen LogP contribution in [0.25, 0.3) is 0 Å². The predicted molar refractivity (Wildman–Crippen MR) is 75.9 cm³/mol. The van der Waals surface area contributed by atoms with Crippen molar-refractivity contribution in [3.8, 4) is 0 Å². The van der Waals surface area contributed by atoms with E-state index in [1.165, 1.54) is 5.56 Å². The summed E-state index contributed by atoms with van der Waals surface area (Å²) in [6, 6.07) is 17.6. The SMILES string of the molecule is CC(CC(O)c1ccc(Cl)cc1)c1ccccc1. The van der Waals surface area contributed by atoms with E-state index in [0.717, 1.165) is 5.56 Å². The Hall–Kier alpha value is -1.31. The maximum atomic E-state index is 10.2. The molecule has 2 atom stereocenters. The molecule has 0 aliphatic carbocycles. The van der Waals surface area contributed by atoms with Crippen LogP contribution in [0.1, 0.15) is 36.5 Å². The fourth-order valence-electron chi connectivity index (χ4n) is 2.07. The molecule has 2 aromatic carbocycles. The smallest absolute Gasteiger partial charge is 0.0795 e. The first-order valence-corrected chi connectivity index (χ1v) is 6.53. The Kier molecular flexibility index (Phi) is 4.40. The zero-order chi connectivity index (χ0) is 13.0. The number of benzene rings is 2. The normalized spacial score (nSPS) is 14.2. The van der Waals surface area contributed by atoms with E-state index in [1.807, 2.05) is 42.5 Å². The lowest BCUT2D eigenvalue weighted by Gasteiger charge is -2.17. The van der Waals surface area contributed by atoms with E-state index in [0.29, 0.717) is 17.4 Å². The van der Waals surface area contributed by atoms with Gasteiger partial charge in [-0.05, 0) is 35.6 Å². The molecule has 0 bridgehead atoms. The first kappa shape index (κ1) is 13.1. The maximum Gasteiger partial charge on any atom is 0.0795 e. The molecule has 18 heavy (non-hydrogen) atoms. The summed E-state index contributed by atoms with van der Waals surface area (Å²) in [5, 5.41) is 10.9. The summed E-state index contributed by atoms with van der Waals surface area (Å²) in [6.07, 6.45) is 0.267. The van der Waals surface area contributed by atoms with Crippen molar-refractivity contribution >= 4 is 11.6 Å². The van der Waals surface area contributed by atoms with E-state index in [2.05, 4.69) is 19.1 Å². The summed E-state index contributed by atoms with van der Waals surface area (Å²) in [4.78, 5) is 0. The van der Waals surface area contributed by atoms with Crippen molar-refractivity contribution in [1.29, 1.82) is 0 Å². The molecule has 94 valence electrons. The topological polar surface area (TPSA) is 20.2 Å². The molecule has 2 aromatic rings. The minimum Gasteiger partial charge on any atom is -0.388 e. The Balaban J connectivity index is 2.03. The molecule has 0 aliphatic heterocycles. The number of rotatable bonds is 4. The van der Waals surface area contributed by atoms with Gasteiger partial charge in [0.2, 0.25) is 0 Å². The molecule has 0 aliphatic rings. The average molecular weight is 261 g/mol. The molecule has 2 heteroatoms. The van der Waals surface area contributed by atoms with Crippen LogP contribution in [-0.2, 0) is 0 Å². The Morgan fingerprint density at radius 1 is 0.944 bits per heavy atom. The molecule has 1 nitrogen and oxygen atoms in total. The van der Waals surface area contributed by atoms with Gasteiger partial charge in [-0.1, -0.05) is 61.0 Å². The number of halogens is 1. The van der Waals surface area contributed by atoms with Gasteiger partial charge < -0.3 is 5.11 Å². The van der Waals surface area contributed by atoms with Crippen molar-refractivity contribution < 1.29 is 5.11 Å². The molecule has 0 saturated heterocycles. The van der Waals surface area contributed by atoms with Crippen LogP contribution in [-0.4, -0.2) is 5.11 Å². The standard InChI is InChI=1S/C16H17ClO/c1-12(13-5-3-2-4-6-13)11-16(18)14-7-9-15(17)10-8-14/h2-10,12,16,18H,11H2,1H3. The summed E-state index contributed by atoms with van der Waals surface area (Å²) < 4.78 is 0. The number of hydrogen-bond acceptors (Lipinski definition) is 1. The van der Waals surface area contributed by atoms with E-state index >= 15 is 0 Å². The molecular weight excluding hydrogens is 244 g/mol. The van der Waals surface area contributed by atoms with E-state index < -0.39 is 6.10 Å². The van der Waals surface area contributed by atoms with Gasteiger partial charge in [-0.3, -0.25) is 0 Å². The molecule has 0 radical (unpaired) electrons. The van der Waals surface area contributed by atoms with E-state index in [4.69, 9.17) is 11.6 Å². The van der Waals surface area contributed by atoms with Crippen LogP contribution in [0.2, 0.25) is 5.02 Å². The number of aliphatic hydroxyl groups excluding tert-OH is 1. The van der Waals surface area contributed by atoms with E-state index in [-0.39, 0.29) is 0 Å². The van der Waals surface area contributed by atoms with Gasteiger partial charge in [0.25, 0.3) is 0 Å². The van der Waals surface area contributed by atoms with Gasteiger partial charge in [-0.15, -0.1) is 0 Å². The van der Waals surface area contributed by atoms with Crippen molar-refractivity contribution in [3.05, 3.63) is 70.7 Å². The van der Waals surface area contributed by atoms with Gasteiger partial charge in [0.1, 0.15) is 0 Å². The molecular formula is C16H17ClO. The van der Waals surface area contributed by atoms with Crippen molar-refractivity contribution in [2.24, 2.45) is 0 Å². The van der Waals surface area contributed by atoms with Gasteiger partial charge in [0.15, 0.2) is 0 Å². The third kappa shape index (κ3) is 3.34. The molecule has 0 amide bonds. The van der Waals surface area contributed by atoms with Gasteiger partial charge in [-0.25, -0.2) is 0 Å². The third-order valence-electron chi connectivity index (χ3n) is 3.20. The first-order chi connectivity index (χ1) is 8.66. The summed E-state index contributed by atoms with van der Waals surface area (Å²) >= 11 is 5.84. The zero-order valence-electron chi connectivity index (χ0n) is 10.4. The Morgan fingerprint density at radius 2 is 1.56 bits per heavy atom. The van der Waals surface area contributed by atoms with Gasteiger partial charge in [-0.2, -0.15) is 0 Å². The minimum atomic E-state index is -0.447. The molecule has 0 aromatic heterocycles. The highest BCUT2D eigenvalue weighted by molar-refractivity contribution is 6.30. The molecule has 1 N–H and O–H groups in total. The molecule has 0 heterocycles. The van der Waals surface area contributed by atoms with Crippen molar-refractivity contribution in [1.82, 2.24) is 0 Å². The number of aliphatic hydroxyl groups is 1. The van der Waals surface area contributed by atoms with Crippen LogP contribution >= 0.6 is 11.6 Å². The summed E-state index contributed by atoms with van der Waals surface area (Å²) in [5.41, 5.74) is 2.17. The van der Waals surface area contributed by atoms with Gasteiger partial charge >= 0.3 is 0 Å². The molecule has 0 fully saturated rings. The number of hydrogen-bond donors (Lipinski definition) is 1. The first-order valence-electron chi connectivity index (χ1n) is 6.15. The largest absolute Gasteiger partial charge is 0.388 e. The van der Waals surface area contributed by atoms with Crippen LogP contribution in [0, 0.1) is 0 Å². The van der Waals surface area contributed by atoms with Gasteiger partial charge in [0, 0.05) is 5.02 Å². The van der Waals surface area contributed by atoms with Crippen LogP contribution in [0.5, 0.6) is 0 Å². The lowest BCUT2D eigenvalue weighted by molar-refractivity contribution is 0.159. The highest BCUT2D eigenvalue weighted by atomic mass is 35.5. The van der Waals surface area contributed by atoms with Crippen molar-refractivity contribution in [2.45, 2.75) is 25.4 Å². The second-order valence-electron chi connectivity index (χ2n) is 4.61. The Bertz CT molecular complexity index is 478. The fraction of sp³-hybridized carbons (Fsp3) is 0.250. The molecule has 2 rings (SSSR count). The lowest BCUT2D eigenvalue weighted by Crippen LogP contribution is -2.03. The van der Waals surface area contributed by atoms with Crippen molar-refractivity contribution in [3.63, 3.8) is 0 Å². The predicted octanol–water partition coefficient (Wildman–Crippen LogP) is 4.57. The maximum absolute atomic E-state index is 10.2. The van der Waals surface area contributed by atoms with Crippen LogP contribution in [0.15, 0.2) is 54.6 Å². The fourth-order valence-corrected chi connectivity index (χ4v) is 2.20. The highest BCUT2D eigenvalue weighted by Crippen LogP contribution is 2.28. The van der Waals surface area contributed by atoms with Crippen molar-refractivity contribution in [2.75, 3.05) is 0 Å². The average Bonchev–Trinajstić information content (AvgIpc) is 2.40. The summed E-state index contributed by atoms with van der Waals surface area (Å²) in [6.45, 7) is 2.13. The summed E-state index contributed by atoms with van der Waals surface area (Å²) in [7, 11) is 0. The lowest BCUT2D eigenvalue weighted by atomic mass is 9.92. The summed E-state index contributed by atoms with van der Waals surface area (Å²) in [5.74, 6) is 0.330. The highest BCUT2D eigenvalue weighted by Gasteiger charge is 2.13. The van der Waals surface area contributed by atoms with E-state index in [1.54, 1.807) is 0 Å². The molecule has 0 saturated carbocycles. The molecule has 2 unspecified atom stereocenters. The third-order valence-corrected chi connectivity index (χ3v) is 3.45. The Morgan fingerprint density at radius 3 is 2.17 bits per heavy atom. The van der Waals surface area contributed by atoms with E-state index in [9.17, 15) is 5.11 Å². The van der Waals surface area contributed by atoms with Gasteiger partial charge in [0.05, 0.1) is 6.10 Å². The zero-order valence-corrected chi connectivity index (χ0v) is 11.1. The quantitative estimate of drug-likeness (QED) is 0.854. The van der Waals surface area contributed by atoms with Crippen LogP contribution < -0.4 is 0 Å². The monoisotopic (exact) mass is 260 g/mol.